The van der Waals surface area contributed by atoms with E-state index in [0.29, 0.717) is 0 Å². The van der Waals surface area contributed by atoms with Gasteiger partial charge in [-0.1, -0.05) is 261 Å². The molecule has 1 aliphatic heterocycles. The number of benzene rings is 13. The zero-order chi connectivity index (χ0) is 53.9. The molecule has 2 heterocycles. The first-order valence-electron chi connectivity index (χ1n) is 28.6. The average molecular weight is 1040 g/mol. The number of hydrogen-bond donors (Lipinski definition) is 0. The van der Waals surface area contributed by atoms with E-state index in [1.54, 1.807) is 0 Å². The van der Waals surface area contributed by atoms with Gasteiger partial charge in [-0.05, 0) is 149 Å². The Labute approximate surface area is 477 Å². The molecule has 0 saturated carbocycles. The predicted molar refractivity (Wildman–Crippen MR) is 340 cm³/mol. The van der Waals surface area contributed by atoms with Gasteiger partial charge in [-0.2, -0.15) is 0 Å². The van der Waals surface area contributed by atoms with Gasteiger partial charge in [0.1, 0.15) is 0 Å². The van der Waals surface area contributed by atoms with Crippen LogP contribution in [0.25, 0.3) is 83.1 Å². The van der Waals surface area contributed by atoms with Crippen LogP contribution in [-0.2, 0) is 10.8 Å². The van der Waals surface area contributed by atoms with Gasteiger partial charge in [0.25, 0.3) is 0 Å². The molecule has 0 fully saturated rings. The van der Waals surface area contributed by atoms with Crippen LogP contribution in [0.1, 0.15) is 44.5 Å². The van der Waals surface area contributed by atoms with Crippen molar-refractivity contribution in [1.29, 1.82) is 0 Å². The fourth-order valence-electron chi connectivity index (χ4n) is 15.0. The van der Waals surface area contributed by atoms with Crippen molar-refractivity contribution in [2.75, 3.05) is 4.90 Å². The molecule has 0 N–H and O–H groups in total. The van der Waals surface area contributed by atoms with Gasteiger partial charge >= 0.3 is 0 Å². The van der Waals surface area contributed by atoms with E-state index in [9.17, 15) is 0 Å². The summed E-state index contributed by atoms with van der Waals surface area (Å²) < 4.78 is 2.53. The van der Waals surface area contributed by atoms with Crippen molar-refractivity contribution in [3.63, 3.8) is 0 Å². The molecule has 1 atom stereocenters. The highest BCUT2D eigenvalue weighted by Gasteiger charge is 2.51. The molecule has 0 amide bonds. The first kappa shape index (κ1) is 46.4. The molecule has 0 saturated heterocycles. The monoisotopic (exact) mass is 1040 g/mol. The van der Waals surface area contributed by atoms with Gasteiger partial charge in [-0.3, -0.25) is 0 Å². The third-order valence-corrected chi connectivity index (χ3v) is 18.3. The summed E-state index contributed by atoms with van der Waals surface area (Å²) in [6.07, 6.45) is 0. The molecular formula is C80H52N2. The second-order valence-corrected chi connectivity index (χ2v) is 22.2. The van der Waals surface area contributed by atoms with Crippen molar-refractivity contribution in [3.8, 4) is 61.3 Å². The van der Waals surface area contributed by atoms with Crippen LogP contribution in [0.5, 0.6) is 0 Å². The van der Waals surface area contributed by atoms with E-state index in [-0.39, 0.29) is 0 Å². The predicted octanol–water partition coefficient (Wildman–Crippen LogP) is 20.3. The average Bonchev–Trinajstić information content (AvgIpc) is 2.87. The van der Waals surface area contributed by atoms with Gasteiger partial charge in [-0.15, -0.1) is 0 Å². The first-order chi connectivity index (χ1) is 40.7. The highest BCUT2D eigenvalue weighted by Crippen LogP contribution is 2.62. The van der Waals surface area contributed by atoms with Crippen molar-refractivity contribution >= 4 is 38.9 Å². The van der Waals surface area contributed by atoms with Gasteiger partial charge in [0.15, 0.2) is 0 Å². The lowest BCUT2D eigenvalue weighted by molar-refractivity contribution is 0.749. The van der Waals surface area contributed by atoms with Crippen LogP contribution in [0, 0.1) is 0 Å². The van der Waals surface area contributed by atoms with Crippen LogP contribution in [-0.4, -0.2) is 4.57 Å². The molecule has 82 heavy (non-hydrogen) atoms. The smallest absolute Gasteiger partial charge is 0.0754 e. The maximum Gasteiger partial charge on any atom is 0.0754 e. The molecule has 0 bridgehead atoms. The minimum absolute atomic E-state index is 0.564. The van der Waals surface area contributed by atoms with Crippen LogP contribution in [0.4, 0.5) is 17.1 Å². The third-order valence-electron chi connectivity index (χ3n) is 18.3. The number of aromatic nitrogens is 1. The fourth-order valence-corrected chi connectivity index (χ4v) is 15.0. The number of para-hydroxylation sites is 4. The molecule has 3 aliphatic rings. The fraction of sp³-hybridized carbons (Fsp3) is 0.0250. The summed E-state index contributed by atoms with van der Waals surface area (Å²) in [6, 6.07) is 118. The number of rotatable bonds is 8. The normalized spacial score (nSPS) is 14.7. The summed E-state index contributed by atoms with van der Waals surface area (Å²) in [7, 11) is 0. The Kier molecular flexibility index (Phi) is 10.2. The van der Waals surface area contributed by atoms with Crippen LogP contribution in [0.3, 0.4) is 0 Å². The molecule has 382 valence electrons. The maximum atomic E-state index is 2.53. The summed E-state index contributed by atoms with van der Waals surface area (Å²) >= 11 is 0. The number of hydrogen-bond acceptors (Lipinski definition) is 1. The Bertz CT molecular complexity index is 4840. The van der Waals surface area contributed by atoms with Crippen molar-refractivity contribution < 1.29 is 0 Å². The molecule has 14 aromatic rings. The third kappa shape index (κ3) is 6.46. The van der Waals surface area contributed by atoms with Gasteiger partial charge in [0.05, 0.1) is 33.2 Å². The highest BCUT2D eigenvalue weighted by molar-refractivity contribution is 6.13. The Morgan fingerprint density at radius 2 is 0.744 bits per heavy atom. The second-order valence-electron chi connectivity index (χ2n) is 22.2. The summed E-state index contributed by atoms with van der Waals surface area (Å²) in [6.45, 7) is 0. The van der Waals surface area contributed by atoms with Gasteiger partial charge < -0.3 is 9.47 Å². The molecule has 2 heteroatoms. The van der Waals surface area contributed by atoms with E-state index in [2.05, 4.69) is 325 Å². The van der Waals surface area contributed by atoms with E-state index >= 15 is 0 Å². The molecule has 17 rings (SSSR count). The lowest BCUT2D eigenvalue weighted by atomic mass is 9.65. The van der Waals surface area contributed by atoms with Crippen LogP contribution < -0.4 is 4.90 Å². The zero-order valence-electron chi connectivity index (χ0n) is 44.9. The molecule has 0 radical (unpaired) electrons. The topological polar surface area (TPSA) is 8.17 Å². The van der Waals surface area contributed by atoms with Crippen molar-refractivity contribution in [2.45, 2.75) is 10.8 Å². The lowest BCUT2D eigenvalue weighted by Crippen LogP contribution is -2.33. The quantitative estimate of drug-likeness (QED) is 0.147. The Balaban J connectivity index is 0.895. The van der Waals surface area contributed by atoms with Crippen LogP contribution >= 0.6 is 0 Å². The van der Waals surface area contributed by atoms with Crippen molar-refractivity contribution in [3.05, 3.63) is 360 Å². The van der Waals surface area contributed by atoms with E-state index in [0.717, 1.165) is 33.8 Å². The molecule has 1 aromatic heterocycles. The van der Waals surface area contributed by atoms with E-state index in [1.807, 2.05) is 0 Å². The second kappa shape index (κ2) is 18.0. The molecule has 2 nitrogen and oxygen atoms in total. The minimum atomic E-state index is -0.574. The zero-order valence-corrected chi connectivity index (χ0v) is 44.9. The Morgan fingerprint density at radius 3 is 1.50 bits per heavy atom. The van der Waals surface area contributed by atoms with Crippen LogP contribution in [0.15, 0.2) is 315 Å². The van der Waals surface area contributed by atoms with Crippen molar-refractivity contribution in [1.82, 2.24) is 4.57 Å². The van der Waals surface area contributed by atoms with E-state index < -0.39 is 10.8 Å². The Hall–Kier alpha value is -10.5. The highest BCUT2D eigenvalue weighted by atomic mass is 15.1. The van der Waals surface area contributed by atoms with Gasteiger partial charge in [-0.25, -0.2) is 0 Å². The van der Waals surface area contributed by atoms with Gasteiger partial charge in [0.2, 0.25) is 0 Å². The summed E-state index contributed by atoms with van der Waals surface area (Å²) in [5.41, 5.74) is 28.2. The van der Waals surface area contributed by atoms with Crippen LogP contribution in [0.2, 0.25) is 0 Å². The van der Waals surface area contributed by atoms with E-state index in [4.69, 9.17) is 0 Å². The minimum Gasteiger partial charge on any atom is -0.310 e. The SMILES string of the molecule is c1ccc(-c2cccc(-c3ccccc3N(c3cccc(-c4ccc5c(c4)C4(c6ccccc6-5)c5ccccc5-n5c6ccccc6c6cccc4c65)c3)c3ccc4c(c3)C(c3ccccc3)(c3ccccc3)c3ccccc3-4)c2)cc1. The largest absolute Gasteiger partial charge is 0.310 e. The molecule has 1 spiro atoms. The maximum absolute atomic E-state index is 2.53. The lowest BCUT2D eigenvalue weighted by Gasteiger charge is -2.39. The summed E-state index contributed by atoms with van der Waals surface area (Å²) in [5, 5.41) is 2.56. The van der Waals surface area contributed by atoms with Crippen molar-refractivity contribution in [2.24, 2.45) is 0 Å². The molecule has 13 aromatic carbocycles. The standard InChI is InChI=1S/C80H52N2/c1-4-23-53(24-5-1)54-25-20-27-57(49-54)62-33-12-17-42-75(62)81(61-46-48-66-63-34-10-14-38-69(63)79(74(66)52-61,58-28-6-2-7-29-58)59-30-8-3-9-31-59)60-32-21-26-55(50-60)56-45-47-65-64-35-11-15-39-70(64)80(73(65)51-56)71-40-16-19-44-77(71)82-76-43-18-13-36-67(76)68-37-22-41-72(80)78(68)82/h1-52H. The first-order valence-corrected chi connectivity index (χ1v) is 28.6. The summed E-state index contributed by atoms with van der Waals surface area (Å²) in [4.78, 5) is 2.51. The Morgan fingerprint density at radius 1 is 0.256 bits per heavy atom. The number of fused-ring (bicyclic) bond motifs is 15. The molecular weight excluding hydrogens is 989 g/mol. The number of nitrogens with zero attached hydrogens (tertiary/aromatic N) is 2. The number of anilines is 3. The summed E-state index contributed by atoms with van der Waals surface area (Å²) in [5.74, 6) is 0. The molecule has 2 aliphatic carbocycles. The van der Waals surface area contributed by atoms with Gasteiger partial charge in [0, 0.05) is 27.7 Å². The molecule has 1 unspecified atom stereocenters. The van der Waals surface area contributed by atoms with E-state index in [1.165, 1.54) is 111 Å².